The molecule has 0 aliphatic carbocycles. The normalized spacial score (nSPS) is 10.6. The van der Waals surface area contributed by atoms with Crippen LogP contribution in [0, 0.1) is 0 Å². The van der Waals surface area contributed by atoms with Crippen molar-refractivity contribution in [2.24, 2.45) is 0 Å². The van der Waals surface area contributed by atoms with Crippen LogP contribution in [0.1, 0.15) is 5.56 Å². The summed E-state index contributed by atoms with van der Waals surface area (Å²) >= 11 is 6.12. The molecule has 0 saturated heterocycles. The smallest absolute Gasteiger partial charge is 0.322 e. The van der Waals surface area contributed by atoms with Crippen LogP contribution in [0.3, 0.4) is 0 Å². The van der Waals surface area contributed by atoms with E-state index < -0.39 is 0 Å². The molecule has 3 aromatic rings. The number of benzene rings is 2. The first-order chi connectivity index (χ1) is 10.6. The van der Waals surface area contributed by atoms with E-state index in [9.17, 15) is 4.79 Å². The zero-order valence-electron chi connectivity index (χ0n) is 12.0. The number of hydrogen-bond donors (Lipinski definition) is 1. The summed E-state index contributed by atoms with van der Waals surface area (Å²) in [5, 5.41) is 0.648. The van der Waals surface area contributed by atoms with Gasteiger partial charge in [0.25, 0.3) is 0 Å². The van der Waals surface area contributed by atoms with Crippen LogP contribution < -0.4 is 5.43 Å². The summed E-state index contributed by atoms with van der Waals surface area (Å²) in [6.45, 7) is 0.429. The molecule has 1 aromatic heterocycles. The van der Waals surface area contributed by atoms with Gasteiger partial charge in [0.1, 0.15) is 6.33 Å². The maximum atomic E-state index is 12.3. The van der Waals surface area contributed by atoms with E-state index in [-0.39, 0.29) is 6.03 Å². The first-order valence-electron chi connectivity index (χ1n) is 6.83. The lowest BCUT2D eigenvalue weighted by Crippen LogP contribution is -2.35. The van der Waals surface area contributed by atoms with Crippen molar-refractivity contribution in [3.8, 4) is 0 Å². The Morgan fingerprint density at radius 3 is 2.77 bits per heavy atom. The Labute approximate surface area is 133 Å². The fraction of sp³-hybridized carbons (Fsp3) is 0.125. The van der Waals surface area contributed by atoms with Gasteiger partial charge in [-0.3, -0.25) is 0 Å². The molecule has 6 heteroatoms. The molecule has 1 heterocycles. The van der Waals surface area contributed by atoms with E-state index in [4.69, 9.17) is 11.6 Å². The first-order valence-corrected chi connectivity index (χ1v) is 7.20. The molecule has 0 radical (unpaired) electrons. The van der Waals surface area contributed by atoms with Crippen LogP contribution in [0.15, 0.2) is 54.9 Å². The number of carbonyl (C=O) groups is 1. The SMILES string of the molecule is CN(Cc1ccccc1Cl)C(=O)Nn1cnc2ccccc21. The summed E-state index contributed by atoms with van der Waals surface area (Å²) in [7, 11) is 1.72. The van der Waals surface area contributed by atoms with E-state index in [1.807, 2.05) is 48.5 Å². The minimum absolute atomic E-state index is 0.233. The molecule has 5 nitrogen and oxygen atoms in total. The number of rotatable bonds is 3. The molecule has 0 saturated carbocycles. The van der Waals surface area contributed by atoms with Crippen LogP contribution in [0.4, 0.5) is 4.79 Å². The van der Waals surface area contributed by atoms with Crippen molar-refractivity contribution < 1.29 is 4.79 Å². The van der Waals surface area contributed by atoms with Crippen molar-refractivity contribution >= 4 is 28.7 Å². The van der Waals surface area contributed by atoms with E-state index in [0.717, 1.165) is 16.6 Å². The molecule has 0 bridgehead atoms. The Kier molecular flexibility index (Phi) is 3.98. The number of amides is 2. The number of urea groups is 1. The number of carbonyl (C=O) groups excluding carboxylic acids is 1. The third-order valence-electron chi connectivity index (χ3n) is 3.38. The summed E-state index contributed by atoms with van der Waals surface area (Å²) in [6.07, 6.45) is 1.59. The molecular formula is C16H15ClN4O. The third-order valence-corrected chi connectivity index (χ3v) is 3.75. The maximum absolute atomic E-state index is 12.3. The van der Waals surface area contributed by atoms with Crippen LogP contribution in [-0.2, 0) is 6.54 Å². The van der Waals surface area contributed by atoms with Gasteiger partial charge in [-0.2, -0.15) is 0 Å². The van der Waals surface area contributed by atoms with Gasteiger partial charge in [-0.05, 0) is 23.8 Å². The molecule has 2 aromatic carbocycles. The molecule has 2 amide bonds. The molecule has 0 spiro atoms. The van der Waals surface area contributed by atoms with Gasteiger partial charge in [0.2, 0.25) is 0 Å². The van der Waals surface area contributed by atoms with Crippen molar-refractivity contribution in [1.82, 2.24) is 14.6 Å². The predicted octanol–water partition coefficient (Wildman–Crippen LogP) is 3.49. The molecule has 1 N–H and O–H groups in total. The molecule has 0 atom stereocenters. The van der Waals surface area contributed by atoms with Gasteiger partial charge in [-0.15, -0.1) is 0 Å². The number of imidazole rings is 1. The molecule has 112 valence electrons. The summed E-state index contributed by atoms with van der Waals surface area (Å²) in [6, 6.07) is 14.8. The van der Waals surface area contributed by atoms with Gasteiger partial charge in [0.15, 0.2) is 0 Å². The average Bonchev–Trinajstić information content (AvgIpc) is 2.93. The number of hydrogen-bond acceptors (Lipinski definition) is 2. The lowest BCUT2D eigenvalue weighted by molar-refractivity contribution is 0.217. The van der Waals surface area contributed by atoms with Crippen molar-refractivity contribution in [3.05, 3.63) is 65.4 Å². The van der Waals surface area contributed by atoms with Crippen molar-refractivity contribution in [1.29, 1.82) is 0 Å². The topological polar surface area (TPSA) is 50.2 Å². The van der Waals surface area contributed by atoms with Crippen molar-refractivity contribution in [2.45, 2.75) is 6.54 Å². The third kappa shape index (κ3) is 2.89. The van der Waals surface area contributed by atoms with E-state index >= 15 is 0 Å². The van der Waals surface area contributed by atoms with Gasteiger partial charge in [-0.25, -0.2) is 19.9 Å². The quantitative estimate of drug-likeness (QED) is 0.804. The highest BCUT2D eigenvalue weighted by Gasteiger charge is 2.12. The van der Waals surface area contributed by atoms with Crippen LogP contribution >= 0.6 is 11.6 Å². The molecule has 0 aliphatic heterocycles. The number of nitrogens with zero attached hydrogens (tertiary/aromatic N) is 3. The number of fused-ring (bicyclic) bond motifs is 1. The molecule has 0 aliphatic rings. The Morgan fingerprint density at radius 2 is 1.95 bits per heavy atom. The Balaban J connectivity index is 1.73. The zero-order valence-corrected chi connectivity index (χ0v) is 12.8. The maximum Gasteiger partial charge on any atom is 0.336 e. The highest BCUT2D eigenvalue weighted by Crippen LogP contribution is 2.16. The number of halogens is 1. The van der Waals surface area contributed by atoms with Gasteiger partial charge >= 0.3 is 6.03 Å². The first kappa shape index (κ1) is 14.4. The zero-order chi connectivity index (χ0) is 15.5. The molecule has 22 heavy (non-hydrogen) atoms. The summed E-state index contributed by atoms with van der Waals surface area (Å²) in [5.41, 5.74) is 5.38. The second kappa shape index (κ2) is 6.07. The minimum atomic E-state index is -0.233. The average molecular weight is 315 g/mol. The standard InChI is InChI=1S/C16H15ClN4O/c1-20(10-12-6-2-3-7-13(12)17)16(22)19-21-11-18-14-8-4-5-9-15(14)21/h2-9,11H,10H2,1H3,(H,19,22). The lowest BCUT2D eigenvalue weighted by Gasteiger charge is -2.19. The molecular weight excluding hydrogens is 300 g/mol. The fourth-order valence-electron chi connectivity index (χ4n) is 2.19. The van der Waals surface area contributed by atoms with Crippen LogP contribution in [0.2, 0.25) is 5.02 Å². The summed E-state index contributed by atoms with van der Waals surface area (Å²) < 4.78 is 1.61. The van der Waals surface area contributed by atoms with Gasteiger partial charge in [0.05, 0.1) is 11.0 Å². The fourth-order valence-corrected chi connectivity index (χ4v) is 2.39. The highest BCUT2D eigenvalue weighted by molar-refractivity contribution is 6.31. The van der Waals surface area contributed by atoms with Crippen LogP contribution in [0.25, 0.3) is 11.0 Å². The van der Waals surface area contributed by atoms with Gasteiger partial charge in [0, 0.05) is 18.6 Å². The molecule has 3 rings (SSSR count). The second-order valence-electron chi connectivity index (χ2n) is 4.97. The van der Waals surface area contributed by atoms with E-state index in [2.05, 4.69) is 10.4 Å². The second-order valence-corrected chi connectivity index (χ2v) is 5.37. The highest BCUT2D eigenvalue weighted by atomic mass is 35.5. The minimum Gasteiger partial charge on any atom is -0.322 e. The predicted molar refractivity (Wildman–Crippen MR) is 87.4 cm³/mol. The number of nitrogens with one attached hydrogen (secondary N) is 1. The van der Waals surface area contributed by atoms with Gasteiger partial charge < -0.3 is 4.90 Å². The van der Waals surface area contributed by atoms with Crippen LogP contribution in [-0.4, -0.2) is 27.6 Å². The largest absolute Gasteiger partial charge is 0.336 e. The lowest BCUT2D eigenvalue weighted by atomic mass is 10.2. The Morgan fingerprint density at radius 1 is 1.23 bits per heavy atom. The summed E-state index contributed by atoms with van der Waals surface area (Å²) in [4.78, 5) is 18.1. The van der Waals surface area contributed by atoms with Crippen molar-refractivity contribution in [3.63, 3.8) is 0 Å². The van der Waals surface area contributed by atoms with Crippen molar-refractivity contribution in [2.75, 3.05) is 12.5 Å². The summed E-state index contributed by atoms with van der Waals surface area (Å²) in [5.74, 6) is 0. The van der Waals surface area contributed by atoms with E-state index in [0.29, 0.717) is 11.6 Å². The molecule has 0 unspecified atom stereocenters. The Bertz CT molecular complexity index is 815. The number of aromatic nitrogens is 2. The van der Waals surface area contributed by atoms with Gasteiger partial charge in [-0.1, -0.05) is 41.9 Å². The number of para-hydroxylation sites is 2. The van der Waals surface area contributed by atoms with Crippen LogP contribution in [0.5, 0.6) is 0 Å². The Hall–Kier alpha value is -2.53. The monoisotopic (exact) mass is 314 g/mol. The van der Waals surface area contributed by atoms with E-state index in [1.165, 1.54) is 0 Å². The molecule has 0 fully saturated rings. The van der Waals surface area contributed by atoms with E-state index in [1.54, 1.807) is 23.0 Å².